The van der Waals surface area contributed by atoms with E-state index in [9.17, 15) is 13.2 Å². The number of piperidine rings is 1. The predicted octanol–water partition coefficient (Wildman–Crippen LogP) is -0.169. The topological polar surface area (TPSA) is 78.5 Å². The number of carbonyl (C=O) groups is 1. The SMILES string of the molecule is CC(=O)NCCNS(=O)(=O)N1CCCCC1C. The lowest BCUT2D eigenvalue weighted by atomic mass is 10.1. The summed E-state index contributed by atoms with van der Waals surface area (Å²) in [4.78, 5) is 10.6. The van der Waals surface area contributed by atoms with Gasteiger partial charge in [-0.3, -0.25) is 4.79 Å². The summed E-state index contributed by atoms with van der Waals surface area (Å²) < 4.78 is 27.9. The van der Waals surface area contributed by atoms with Crippen LogP contribution >= 0.6 is 0 Å². The quantitative estimate of drug-likeness (QED) is 0.676. The van der Waals surface area contributed by atoms with Crippen LogP contribution in [0.1, 0.15) is 33.1 Å². The van der Waals surface area contributed by atoms with Gasteiger partial charge in [-0.05, 0) is 19.8 Å². The van der Waals surface area contributed by atoms with E-state index in [0.717, 1.165) is 19.3 Å². The summed E-state index contributed by atoms with van der Waals surface area (Å²) in [5, 5.41) is 2.55. The van der Waals surface area contributed by atoms with Gasteiger partial charge >= 0.3 is 0 Å². The molecule has 0 aromatic carbocycles. The van der Waals surface area contributed by atoms with Crippen LogP contribution in [-0.4, -0.2) is 44.3 Å². The summed E-state index contributed by atoms with van der Waals surface area (Å²) in [6.45, 7) is 4.45. The highest BCUT2D eigenvalue weighted by Crippen LogP contribution is 2.18. The van der Waals surface area contributed by atoms with E-state index in [-0.39, 0.29) is 18.5 Å². The molecule has 1 unspecified atom stereocenters. The molecule has 1 atom stereocenters. The van der Waals surface area contributed by atoms with Gasteiger partial charge in [0.15, 0.2) is 0 Å². The Morgan fingerprint density at radius 2 is 2.06 bits per heavy atom. The van der Waals surface area contributed by atoms with Crippen molar-refractivity contribution in [3.63, 3.8) is 0 Å². The van der Waals surface area contributed by atoms with Crippen molar-refractivity contribution < 1.29 is 13.2 Å². The molecule has 7 heteroatoms. The van der Waals surface area contributed by atoms with Crippen LogP contribution in [0.2, 0.25) is 0 Å². The second-order valence-corrected chi connectivity index (χ2v) is 6.05. The number of amides is 1. The number of hydrogen-bond donors (Lipinski definition) is 2. The molecule has 1 aliphatic rings. The lowest BCUT2D eigenvalue weighted by molar-refractivity contribution is -0.118. The number of rotatable bonds is 5. The third kappa shape index (κ3) is 4.61. The van der Waals surface area contributed by atoms with Crippen LogP contribution in [0.4, 0.5) is 0 Å². The minimum Gasteiger partial charge on any atom is -0.355 e. The third-order valence-corrected chi connectivity index (χ3v) is 4.56. The molecule has 1 heterocycles. The lowest BCUT2D eigenvalue weighted by Crippen LogP contribution is -2.49. The Morgan fingerprint density at radius 3 is 2.65 bits per heavy atom. The van der Waals surface area contributed by atoms with Crippen molar-refractivity contribution in [2.45, 2.75) is 39.2 Å². The number of hydrogen-bond acceptors (Lipinski definition) is 3. The molecule has 100 valence electrons. The highest BCUT2D eigenvalue weighted by Gasteiger charge is 2.28. The second-order valence-electron chi connectivity index (χ2n) is 4.34. The maximum absolute atomic E-state index is 11.9. The average molecular weight is 263 g/mol. The molecule has 2 N–H and O–H groups in total. The largest absolute Gasteiger partial charge is 0.355 e. The van der Waals surface area contributed by atoms with Gasteiger partial charge in [-0.1, -0.05) is 6.42 Å². The smallest absolute Gasteiger partial charge is 0.279 e. The van der Waals surface area contributed by atoms with Gasteiger partial charge in [0.1, 0.15) is 0 Å². The van der Waals surface area contributed by atoms with E-state index in [0.29, 0.717) is 13.1 Å². The Bertz CT molecular complexity index is 356. The summed E-state index contributed by atoms with van der Waals surface area (Å²) in [6, 6.07) is 0.0574. The highest BCUT2D eigenvalue weighted by atomic mass is 32.2. The van der Waals surface area contributed by atoms with Gasteiger partial charge in [-0.2, -0.15) is 12.7 Å². The normalized spacial score (nSPS) is 22.4. The molecule has 0 spiro atoms. The summed E-state index contributed by atoms with van der Waals surface area (Å²) in [5.41, 5.74) is 0. The number of carbonyl (C=O) groups excluding carboxylic acids is 1. The van der Waals surface area contributed by atoms with Crippen molar-refractivity contribution in [1.82, 2.24) is 14.3 Å². The fraction of sp³-hybridized carbons (Fsp3) is 0.900. The Hall–Kier alpha value is -0.660. The van der Waals surface area contributed by atoms with Crippen LogP contribution in [-0.2, 0) is 15.0 Å². The van der Waals surface area contributed by atoms with E-state index >= 15 is 0 Å². The second kappa shape index (κ2) is 6.32. The molecular formula is C10H21N3O3S. The summed E-state index contributed by atoms with van der Waals surface area (Å²) in [5.74, 6) is -0.157. The van der Waals surface area contributed by atoms with Crippen molar-refractivity contribution in [3.05, 3.63) is 0 Å². The molecule has 0 aliphatic carbocycles. The molecule has 17 heavy (non-hydrogen) atoms. The Balaban J connectivity index is 2.41. The fourth-order valence-electron chi connectivity index (χ4n) is 1.93. The van der Waals surface area contributed by atoms with Gasteiger partial charge in [-0.25, -0.2) is 4.72 Å². The monoisotopic (exact) mass is 263 g/mol. The van der Waals surface area contributed by atoms with Crippen LogP contribution in [0.25, 0.3) is 0 Å². The molecule has 1 aliphatic heterocycles. The van der Waals surface area contributed by atoms with Gasteiger partial charge < -0.3 is 5.32 Å². The Morgan fingerprint density at radius 1 is 1.35 bits per heavy atom. The standard InChI is InChI=1S/C10H21N3O3S/c1-9-5-3-4-8-13(9)17(15,16)12-7-6-11-10(2)14/h9,12H,3-8H2,1-2H3,(H,11,14). The number of nitrogens with one attached hydrogen (secondary N) is 2. The van der Waals surface area contributed by atoms with E-state index in [1.54, 1.807) is 0 Å². The van der Waals surface area contributed by atoms with Gasteiger partial charge in [0.25, 0.3) is 10.2 Å². The Labute approximate surface area is 103 Å². The van der Waals surface area contributed by atoms with Crippen LogP contribution in [0.15, 0.2) is 0 Å². The molecule has 0 bridgehead atoms. The van der Waals surface area contributed by atoms with Crippen molar-refractivity contribution in [3.8, 4) is 0 Å². The molecule has 0 saturated carbocycles. The summed E-state index contributed by atoms with van der Waals surface area (Å²) >= 11 is 0. The molecule has 1 rings (SSSR count). The first-order valence-corrected chi connectivity index (χ1v) is 7.38. The zero-order valence-corrected chi connectivity index (χ0v) is 11.2. The van der Waals surface area contributed by atoms with Gasteiger partial charge in [0.05, 0.1) is 0 Å². The minimum atomic E-state index is -3.40. The minimum absolute atomic E-state index is 0.0574. The highest BCUT2D eigenvalue weighted by molar-refractivity contribution is 7.87. The summed E-state index contributed by atoms with van der Waals surface area (Å²) in [7, 11) is -3.40. The van der Waals surface area contributed by atoms with Gasteiger partial charge in [0, 0.05) is 32.6 Å². The van der Waals surface area contributed by atoms with Crippen LogP contribution in [0.3, 0.4) is 0 Å². The van der Waals surface area contributed by atoms with Crippen LogP contribution in [0.5, 0.6) is 0 Å². The van der Waals surface area contributed by atoms with Crippen molar-refractivity contribution in [2.24, 2.45) is 0 Å². The maximum Gasteiger partial charge on any atom is 0.279 e. The first-order valence-electron chi connectivity index (χ1n) is 5.94. The van der Waals surface area contributed by atoms with Crippen LogP contribution in [0, 0.1) is 0 Å². The Kier molecular flexibility index (Phi) is 5.35. The molecule has 0 aromatic heterocycles. The summed E-state index contributed by atoms with van der Waals surface area (Å²) in [6.07, 6.45) is 2.91. The van der Waals surface area contributed by atoms with E-state index < -0.39 is 10.2 Å². The van der Waals surface area contributed by atoms with Gasteiger partial charge in [-0.15, -0.1) is 0 Å². The van der Waals surface area contributed by atoms with Crippen molar-refractivity contribution in [1.29, 1.82) is 0 Å². The molecule has 0 aromatic rings. The van der Waals surface area contributed by atoms with Gasteiger partial charge in [0.2, 0.25) is 5.91 Å². The maximum atomic E-state index is 11.9. The van der Waals surface area contributed by atoms with E-state index in [4.69, 9.17) is 0 Å². The fourth-order valence-corrected chi connectivity index (χ4v) is 3.40. The van der Waals surface area contributed by atoms with Crippen molar-refractivity contribution >= 4 is 16.1 Å². The molecule has 6 nitrogen and oxygen atoms in total. The van der Waals surface area contributed by atoms with E-state index in [2.05, 4.69) is 10.0 Å². The molecule has 0 radical (unpaired) electrons. The zero-order valence-electron chi connectivity index (χ0n) is 10.4. The molecular weight excluding hydrogens is 242 g/mol. The zero-order chi connectivity index (χ0) is 12.9. The van der Waals surface area contributed by atoms with E-state index in [1.165, 1.54) is 11.2 Å². The molecule has 1 fully saturated rings. The first kappa shape index (κ1) is 14.4. The third-order valence-electron chi connectivity index (χ3n) is 2.83. The van der Waals surface area contributed by atoms with Crippen LogP contribution < -0.4 is 10.0 Å². The average Bonchev–Trinajstić information content (AvgIpc) is 2.24. The number of nitrogens with zero attached hydrogens (tertiary/aromatic N) is 1. The predicted molar refractivity (Wildman–Crippen MR) is 65.6 cm³/mol. The first-order chi connectivity index (χ1) is 7.93. The molecule has 1 saturated heterocycles. The van der Waals surface area contributed by atoms with E-state index in [1.807, 2.05) is 6.92 Å². The molecule has 1 amide bonds. The van der Waals surface area contributed by atoms with Crippen molar-refractivity contribution in [2.75, 3.05) is 19.6 Å². The lowest BCUT2D eigenvalue weighted by Gasteiger charge is -2.32.